The first-order chi connectivity index (χ1) is 48.6. The maximum Gasteiger partial charge on any atom is 0.164 e. The van der Waals surface area contributed by atoms with Crippen molar-refractivity contribution in [3.8, 4) is 102 Å². The highest BCUT2D eigenvalue weighted by molar-refractivity contribution is 6.21. The molecule has 19 aromatic rings. The van der Waals surface area contributed by atoms with E-state index in [0.717, 1.165) is 83.2 Å². The van der Waals surface area contributed by atoms with Gasteiger partial charge in [-0.3, -0.25) is 0 Å². The van der Waals surface area contributed by atoms with Crippen molar-refractivity contribution in [1.29, 1.82) is 0 Å². The van der Waals surface area contributed by atoms with E-state index < -0.39 is 0 Å². The molecule has 0 unspecified atom stereocenters. The molecule has 0 aliphatic carbocycles. The van der Waals surface area contributed by atoms with Gasteiger partial charge in [0.05, 0.1) is 22.1 Å². The van der Waals surface area contributed by atoms with Crippen molar-refractivity contribution in [3.63, 3.8) is 0 Å². The van der Waals surface area contributed by atoms with E-state index in [1.165, 1.54) is 59.8 Å². The topological polar surface area (TPSA) is 87.2 Å². The summed E-state index contributed by atoms with van der Waals surface area (Å²) in [6.07, 6.45) is 0. The van der Waals surface area contributed by atoms with Gasteiger partial charge in [-0.25, -0.2) is 29.9 Å². The summed E-state index contributed by atoms with van der Waals surface area (Å²) < 4.78 is 4.73. The number of fused-ring (bicyclic) bond motifs is 10. The minimum absolute atomic E-state index is 0.641. The highest BCUT2D eigenvalue weighted by Crippen LogP contribution is 2.44. The number of aromatic nitrogens is 8. The third kappa shape index (κ3) is 10.3. The van der Waals surface area contributed by atoms with Gasteiger partial charge < -0.3 is 9.13 Å². The Morgan fingerprint density at radius 3 is 1.01 bits per heavy atom. The van der Waals surface area contributed by atoms with Gasteiger partial charge in [0.15, 0.2) is 34.9 Å². The summed E-state index contributed by atoms with van der Waals surface area (Å²) in [6.45, 7) is 0. The maximum atomic E-state index is 5.12. The molecule has 15 aromatic carbocycles. The molecular weight excluding hydrogens is 1190 g/mol. The lowest BCUT2D eigenvalue weighted by Gasteiger charge is -2.16. The van der Waals surface area contributed by atoms with Crippen LogP contribution >= 0.6 is 0 Å². The van der Waals surface area contributed by atoms with Gasteiger partial charge in [-0.1, -0.05) is 285 Å². The molecule has 0 radical (unpaired) electrons. The van der Waals surface area contributed by atoms with Gasteiger partial charge in [-0.2, -0.15) is 0 Å². The highest BCUT2D eigenvalue weighted by atomic mass is 15.0. The average molecular weight is 1250 g/mol. The number of hydrogen-bond donors (Lipinski definition) is 0. The monoisotopic (exact) mass is 1250 g/mol. The van der Waals surface area contributed by atoms with Gasteiger partial charge in [0.25, 0.3) is 0 Å². The largest absolute Gasteiger partial charge is 0.309 e. The Bertz CT molecular complexity index is 6100. The van der Waals surface area contributed by atoms with Gasteiger partial charge in [-0.15, -0.1) is 0 Å². The SMILES string of the molecule is c1ccc(-c2nc(-c3ccccc3)nc(-c3ccc4ccccc4c3-c3ccc(-n4c5ccccc5c5c6ccccc6ccc54)cc3)n2)cc1.c1ccc(-c2nc(-c3ccccc3)nc(-c3ccc4ccccc4c3-c3ccc4c(c3)c3ccccc3n4-c3ccccc3)n2)cc1. The van der Waals surface area contributed by atoms with Gasteiger partial charge in [0.1, 0.15) is 0 Å². The van der Waals surface area contributed by atoms with E-state index in [4.69, 9.17) is 29.9 Å². The fourth-order valence-corrected chi connectivity index (χ4v) is 14.2. The molecule has 0 saturated heterocycles. The van der Waals surface area contributed by atoms with Crippen LogP contribution in [0.1, 0.15) is 0 Å². The second-order valence-corrected chi connectivity index (χ2v) is 24.5. The number of benzene rings is 15. The summed E-state index contributed by atoms with van der Waals surface area (Å²) in [4.78, 5) is 30.4. The highest BCUT2D eigenvalue weighted by Gasteiger charge is 2.23. The number of hydrogen-bond acceptors (Lipinski definition) is 6. The molecule has 0 aliphatic rings. The molecule has 0 bridgehead atoms. The fourth-order valence-electron chi connectivity index (χ4n) is 14.2. The smallest absolute Gasteiger partial charge is 0.164 e. The molecule has 458 valence electrons. The Morgan fingerprint density at radius 1 is 0.184 bits per heavy atom. The van der Waals surface area contributed by atoms with Crippen molar-refractivity contribution >= 4 is 75.9 Å². The second-order valence-electron chi connectivity index (χ2n) is 24.5. The minimum Gasteiger partial charge on any atom is -0.309 e. The molecule has 0 atom stereocenters. The van der Waals surface area contributed by atoms with Crippen molar-refractivity contribution in [3.05, 3.63) is 352 Å². The van der Waals surface area contributed by atoms with Crippen LogP contribution in [0.15, 0.2) is 352 Å². The van der Waals surface area contributed by atoms with Crippen molar-refractivity contribution in [2.45, 2.75) is 0 Å². The van der Waals surface area contributed by atoms with Crippen LogP contribution in [0.5, 0.6) is 0 Å². The van der Waals surface area contributed by atoms with Gasteiger partial charge in [0.2, 0.25) is 0 Å². The molecule has 8 heteroatoms. The third-order valence-corrected chi connectivity index (χ3v) is 18.7. The normalized spacial score (nSPS) is 11.5. The summed E-state index contributed by atoms with van der Waals surface area (Å²) in [6, 6.07) is 123. The van der Waals surface area contributed by atoms with Crippen molar-refractivity contribution in [1.82, 2.24) is 39.0 Å². The Morgan fingerprint density at radius 2 is 0.510 bits per heavy atom. The van der Waals surface area contributed by atoms with Crippen LogP contribution in [-0.2, 0) is 0 Å². The summed E-state index contributed by atoms with van der Waals surface area (Å²) in [5.41, 5.74) is 17.1. The standard InChI is InChI=1S/C47H30N4.C43H28N4/c1-3-15-34(16-4-1)45-48-46(35-17-5-2-6-18-35)50-47(49-45)40-29-25-31-13-7-9-19-37(31)43(40)33-23-27-36(28-24-33)51-41-22-12-11-21-39(41)44-38-20-10-8-14-32(38)26-30-42(44)51;1-4-15-30(16-5-1)41-44-42(31-17-6-2-7-18-31)46-43(45-41)36-26-24-29-14-10-11-21-34(29)40(36)32-25-27-39-37(28-32)35-22-12-13-23-38(35)47(39)33-19-8-3-9-20-33/h1-30H;1-28H. The fraction of sp³-hybridized carbons (Fsp3) is 0. The predicted molar refractivity (Wildman–Crippen MR) is 404 cm³/mol. The summed E-state index contributed by atoms with van der Waals surface area (Å²) >= 11 is 0. The third-order valence-electron chi connectivity index (χ3n) is 18.7. The molecule has 0 saturated carbocycles. The molecule has 8 nitrogen and oxygen atoms in total. The molecule has 0 fully saturated rings. The zero-order valence-corrected chi connectivity index (χ0v) is 53.1. The molecule has 4 aromatic heterocycles. The lowest BCUT2D eigenvalue weighted by Crippen LogP contribution is -2.01. The number of rotatable bonds is 10. The van der Waals surface area contributed by atoms with E-state index in [0.29, 0.717) is 34.9 Å². The number of nitrogens with zero attached hydrogens (tertiary/aromatic N) is 8. The molecule has 19 rings (SSSR count). The lowest BCUT2D eigenvalue weighted by molar-refractivity contribution is 1.07. The zero-order valence-electron chi connectivity index (χ0n) is 53.1. The van der Waals surface area contributed by atoms with Crippen molar-refractivity contribution in [2.75, 3.05) is 0 Å². The quantitative estimate of drug-likeness (QED) is 0.136. The van der Waals surface area contributed by atoms with Crippen LogP contribution in [0.3, 0.4) is 0 Å². The Hall–Kier alpha value is -13.3. The molecule has 0 aliphatic heterocycles. The van der Waals surface area contributed by atoms with E-state index in [-0.39, 0.29) is 0 Å². The Labute approximate surface area is 565 Å². The second kappa shape index (κ2) is 24.6. The van der Waals surface area contributed by atoms with Gasteiger partial charge >= 0.3 is 0 Å². The van der Waals surface area contributed by atoms with Crippen LogP contribution in [0.25, 0.3) is 178 Å². The molecule has 0 spiro atoms. The van der Waals surface area contributed by atoms with Crippen LogP contribution in [0.2, 0.25) is 0 Å². The van der Waals surface area contributed by atoms with Crippen LogP contribution in [0, 0.1) is 0 Å². The van der Waals surface area contributed by atoms with Crippen molar-refractivity contribution in [2.24, 2.45) is 0 Å². The van der Waals surface area contributed by atoms with Crippen molar-refractivity contribution < 1.29 is 0 Å². The maximum absolute atomic E-state index is 5.12. The Kier molecular flexibility index (Phi) is 14.4. The zero-order chi connectivity index (χ0) is 64.9. The predicted octanol–water partition coefficient (Wildman–Crippen LogP) is 22.7. The molecular formula is C90H58N8. The van der Waals surface area contributed by atoms with E-state index >= 15 is 0 Å². The van der Waals surface area contributed by atoms with Gasteiger partial charge in [-0.05, 0) is 110 Å². The average Bonchev–Trinajstić information content (AvgIpc) is 1.52. The van der Waals surface area contributed by atoms with E-state index in [1.807, 2.05) is 121 Å². The van der Waals surface area contributed by atoms with E-state index in [1.54, 1.807) is 0 Å². The molecule has 0 N–H and O–H groups in total. The first-order valence-corrected chi connectivity index (χ1v) is 33.0. The van der Waals surface area contributed by atoms with E-state index in [2.05, 4.69) is 240 Å². The lowest BCUT2D eigenvalue weighted by atomic mass is 9.92. The summed E-state index contributed by atoms with van der Waals surface area (Å²) in [7, 11) is 0. The molecule has 98 heavy (non-hydrogen) atoms. The van der Waals surface area contributed by atoms with Crippen LogP contribution < -0.4 is 0 Å². The summed E-state index contributed by atoms with van der Waals surface area (Å²) in [5.74, 6) is 3.87. The number of para-hydroxylation sites is 3. The summed E-state index contributed by atoms with van der Waals surface area (Å²) in [5, 5.41) is 12.1. The van der Waals surface area contributed by atoms with Gasteiger partial charge in [0, 0.05) is 77.4 Å². The molecule has 4 heterocycles. The minimum atomic E-state index is 0.641. The van der Waals surface area contributed by atoms with E-state index in [9.17, 15) is 0 Å². The van der Waals surface area contributed by atoms with Crippen LogP contribution in [-0.4, -0.2) is 39.0 Å². The Balaban J connectivity index is 0.000000143. The first-order valence-electron chi connectivity index (χ1n) is 33.0. The first kappa shape index (κ1) is 57.4. The van der Waals surface area contributed by atoms with Crippen LogP contribution in [0.4, 0.5) is 0 Å². The molecule has 0 amide bonds.